The zero-order valence-electron chi connectivity index (χ0n) is 10.4. The minimum absolute atomic E-state index is 0.618. The number of nitrogens with zero attached hydrogens (tertiary/aromatic N) is 2. The Morgan fingerprint density at radius 1 is 1.06 bits per heavy atom. The van der Waals surface area contributed by atoms with E-state index < -0.39 is 0 Å². The van der Waals surface area contributed by atoms with E-state index >= 15 is 0 Å². The lowest BCUT2D eigenvalue weighted by Crippen LogP contribution is -2.26. The molecule has 94 valence electrons. The third kappa shape index (κ3) is 1.72. The fourth-order valence-corrected chi connectivity index (χ4v) is 3.00. The van der Waals surface area contributed by atoms with Gasteiger partial charge in [0.25, 0.3) is 0 Å². The van der Waals surface area contributed by atoms with E-state index in [-0.39, 0.29) is 0 Å². The van der Waals surface area contributed by atoms with Gasteiger partial charge in [0.05, 0.1) is 0 Å². The van der Waals surface area contributed by atoms with Gasteiger partial charge in [-0.3, -0.25) is 5.10 Å². The van der Waals surface area contributed by atoms with Gasteiger partial charge in [-0.05, 0) is 56.3 Å². The Kier molecular flexibility index (Phi) is 2.36. The Bertz CT molecular complexity index is 564. The van der Waals surface area contributed by atoms with Crippen LogP contribution in [0.3, 0.4) is 0 Å². The number of hydrogen-bond acceptors (Lipinski definition) is 3. The summed E-state index contributed by atoms with van der Waals surface area (Å²) < 4.78 is 0. The Hall–Kier alpha value is -1.42. The van der Waals surface area contributed by atoms with Crippen molar-refractivity contribution in [3.8, 4) is 0 Å². The first-order chi connectivity index (χ1) is 8.92. The maximum atomic E-state index is 4.50. The summed E-state index contributed by atoms with van der Waals surface area (Å²) >= 11 is 0. The molecule has 2 aliphatic rings. The summed E-state index contributed by atoms with van der Waals surface area (Å²) in [4.78, 5) is 4.50. The lowest BCUT2D eigenvalue weighted by molar-refractivity contribution is 0.454. The van der Waals surface area contributed by atoms with E-state index in [4.69, 9.17) is 0 Å². The fraction of sp³-hybridized carbons (Fsp3) is 0.571. The third-order valence-electron chi connectivity index (χ3n) is 4.26. The van der Waals surface area contributed by atoms with Crippen LogP contribution in [0.25, 0.3) is 11.0 Å². The van der Waals surface area contributed by atoms with Gasteiger partial charge in [-0.25, -0.2) is 4.98 Å². The van der Waals surface area contributed by atoms with Crippen LogP contribution in [-0.2, 0) is 0 Å². The van der Waals surface area contributed by atoms with Gasteiger partial charge in [0.15, 0.2) is 5.65 Å². The number of aromatic nitrogens is 3. The van der Waals surface area contributed by atoms with Crippen LogP contribution >= 0.6 is 0 Å². The van der Waals surface area contributed by atoms with E-state index in [2.05, 4.69) is 26.6 Å². The molecule has 4 rings (SSSR count). The Labute approximate surface area is 106 Å². The maximum absolute atomic E-state index is 4.50. The second-order valence-electron chi connectivity index (χ2n) is 5.58. The highest BCUT2D eigenvalue weighted by molar-refractivity contribution is 5.79. The summed E-state index contributed by atoms with van der Waals surface area (Å²) in [7, 11) is 0. The molecule has 4 heteroatoms. The van der Waals surface area contributed by atoms with E-state index in [9.17, 15) is 0 Å². The Morgan fingerprint density at radius 2 is 1.89 bits per heavy atom. The number of aromatic amines is 1. The van der Waals surface area contributed by atoms with Gasteiger partial charge in [-0.1, -0.05) is 0 Å². The summed E-state index contributed by atoms with van der Waals surface area (Å²) in [5.41, 5.74) is 3.59. The molecule has 2 N–H and O–H groups in total. The molecule has 1 saturated carbocycles. The van der Waals surface area contributed by atoms with E-state index in [0.29, 0.717) is 5.92 Å². The van der Waals surface area contributed by atoms with Crippen LogP contribution in [0.5, 0.6) is 0 Å². The molecule has 0 atom stereocenters. The normalized spacial score (nSPS) is 21.6. The van der Waals surface area contributed by atoms with E-state index in [0.717, 1.165) is 24.7 Å². The first-order valence-corrected chi connectivity index (χ1v) is 6.96. The van der Waals surface area contributed by atoms with Crippen LogP contribution in [0.15, 0.2) is 12.3 Å². The first-order valence-electron chi connectivity index (χ1n) is 6.96. The van der Waals surface area contributed by atoms with E-state index in [1.54, 1.807) is 0 Å². The molecular weight excluding hydrogens is 224 g/mol. The molecule has 0 bridgehead atoms. The van der Waals surface area contributed by atoms with Crippen LogP contribution in [0.1, 0.15) is 48.8 Å². The highest BCUT2D eigenvalue weighted by Gasteiger charge is 2.26. The van der Waals surface area contributed by atoms with Gasteiger partial charge >= 0.3 is 0 Å². The molecule has 0 unspecified atom stereocenters. The molecule has 0 spiro atoms. The van der Waals surface area contributed by atoms with Crippen molar-refractivity contribution in [3.63, 3.8) is 0 Å². The number of nitrogens with one attached hydrogen (secondary N) is 2. The molecule has 1 aliphatic heterocycles. The summed E-state index contributed by atoms with van der Waals surface area (Å²) in [5, 5.41) is 12.3. The molecule has 0 radical (unpaired) electrons. The van der Waals surface area contributed by atoms with Crippen molar-refractivity contribution in [1.82, 2.24) is 20.5 Å². The molecule has 4 nitrogen and oxygen atoms in total. The standard InChI is InChI=1S/C14H18N4/c1-2-9(1)11-7-12-13(10-3-5-15-6-4-10)17-18-14(12)16-8-11/h7-10,15H,1-6H2,(H,16,17,18). The van der Waals surface area contributed by atoms with Gasteiger partial charge in [0.1, 0.15) is 0 Å². The number of fused-ring (bicyclic) bond motifs is 1. The molecule has 2 aromatic rings. The van der Waals surface area contributed by atoms with E-state index in [1.165, 1.54) is 42.3 Å². The highest BCUT2D eigenvalue weighted by Crippen LogP contribution is 2.41. The first kappa shape index (κ1) is 10.5. The van der Waals surface area contributed by atoms with Crippen LogP contribution in [0, 0.1) is 0 Å². The molecule has 2 aromatic heterocycles. The Morgan fingerprint density at radius 3 is 2.67 bits per heavy atom. The predicted octanol–water partition coefficient (Wildman–Crippen LogP) is 2.30. The molecule has 2 fully saturated rings. The fourth-order valence-electron chi connectivity index (χ4n) is 3.00. The molecule has 0 aromatic carbocycles. The smallest absolute Gasteiger partial charge is 0.181 e. The number of H-pyrrole nitrogens is 1. The van der Waals surface area contributed by atoms with Crippen molar-refractivity contribution >= 4 is 11.0 Å². The summed E-state index contributed by atoms with van der Waals surface area (Å²) in [6.07, 6.45) is 7.06. The van der Waals surface area contributed by atoms with Gasteiger partial charge in [0.2, 0.25) is 0 Å². The molecule has 1 aliphatic carbocycles. The Balaban J connectivity index is 1.76. The molecule has 1 saturated heterocycles. The second-order valence-corrected chi connectivity index (χ2v) is 5.58. The highest BCUT2D eigenvalue weighted by atomic mass is 15.1. The lowest BCUT2D eigenvalue weighted by atomic mass is 9.92. The summed E-state index contributed by atoms with van der Waals surface area (Å²) in [6, 6.07) is 2.32. The van der Waals surface area contributed by atoms with Crippen LogP contribution < -0.4 is 5.32 Å². The van der Waals surface area contributed by atoms with Crippen molar-refractivity contribution in [2.24, 2.45) is 0 Å². The SMILES string of the molecule is c1nc2n[nH]c(C3CCNCC3)c2cc1C1CC1. The number of hydrogen-bond donors (Lipinski definition) is 2. The van der Waals surface area contributed by atoms with Gasteiger partial charge in [-0.2, -0.15) is 5.10 Å². The molecular formula is C14H18N4. The van der Waals surface area contributed by atoms with Crippen molar-refractivity contribution in [2.75, 3.05) is 13.1 Å². The summed E-state index contributed by atoms with van der Waals surface area (Å²) in [5.74, 6) is 1.38. The van der Waals surface area contributed by atoms with E-state index in [1.807, 2.05) is 6.20 Å². The second kappa shape index (κ2) is 4.05. The molecule has 3 heterocycles. The maximum Gasteiger partial charge on any atom is 0.181 e. The van der Waals surface area contributed by atoms with Gasteiger partial charge in [-0.15, -0.1) is 0 Å². The molecule has 0 amide bonds. The van der Waals surface area contributed by atoms with Crippen molar-refractivity contribution < 1.29 is 0 Å². The van der Waals surface area contributed by atoms with Crippen molar-refractivity contribution in [2.45, 2.75) is 37.5 Å². The zero-order chi connectivity index (χ0) is 11.9. The average molecular weight is 242 g/mol. The molecule has 18 heavy (non-hydrogen) atoms. The largest absolute Gasteiger partial charge is 0.317 e. The lowest BCUT2D eigenvalue weighted by Gasteiger charge is -2.21. The average Bonchev–Trinajstić information content (AvgIpc) is 3.19. The van der Waals surface area contributed by atoms with Gasteiger partial charge in [0, 0.05) is 23.2 Å². The van der Waals surface area contributed by atoms with Crippen LogP contribution in [0.4, 0.5) is 0 Å². The minimum Gasteiger partial charge on any atom is -0.317 e. The quantitative estimate of drug-likeness (QED) is 0.849. The number of pyridine rings is 1. The predicted molar refractivity (Wildman–Crippen MR) is 70.7 cm³/mol. The van der Waals surface area contributed by atoms with Crippen LogP contribution in [-0.4, -0.2) is 28.3 Å². The zero-order valence-corrected chi connectivity index (χ0v) is 10.4. The summed E-state index contributed by atoms with van der Waals surface area (Å²) in [6.45, 7) is 2.22. The van der Waals surface area contributed by atoms with Gasteiger partial charge < -0.3 is 5.32 Å². The minimum atomic E-state index is 0.618. The topological polar surface area (TPSA) is 53.6 Å². The number of rotatable bonds is 2. The third-order valence-corrected chi connectivity index (χ3v) is 4.26. The number of piperidine rings is 1. The van der Waals surface area contributed by atoms with Crippen molar-refractivity contribution in [1.29, 1.82) is 0 Å². The van der Waals surface area contributed by atoms with Crippen LogP contribution in [0.2, 0.25) is 0 Å². The monoisotopic (exact) mass is 242 g/mol. The van der Waals surface area contributed by atoms with Crippen molar-refractivity contribution in [3.05, 3.63) is 23.5 Å².